The average Bonchev–Trinajstić information content (AvgIpc) is 2.76. The molecule has 0 aromatic heterocycles. The average molecular weight is 440 g/mol. The van der Waals surface area contributed by atoms with E-state index in [9.17, 15) is 29.7 Å². The predicted molar refractivity (Wildman–Crippen MR) is 117 cm³/mol. The normalized spacial score (nSPS) is 13.6. The summed E-state index contributed by atoms with van der Waals surface area (Å²) >= 11 is 0. The fraction of sp³-hybridized carbons (Fsp3) is 0.400. The molecule has 1 unspecified atom stereocenters. The SMILES string of the molecule is CC(C)CCCC(CO)CC(=O)OCc1c(O)cc2c(c1O)C(=O)c1ccccc1C2=O. The van der Waals surface area contributed by atoms with Gasteiger partial charge in [-0.1, -0.05) is 51.0 Å². The van der Waals surface area contributed by atoms with Gasteiger partial charge in [0.05, 0.1) is 17.5 Å². The maximum Gasteiger partial charge on any atom is 0.306 e. The zero-order valence-corrected chi connectivity index (χ0v) is 18.3. The standard InChI is InChI=1S/C25H28O7/c1-14(2)6-5-7-15(12-26)10-21(28)32-13-19-20(27)11-18-22(25(19)31)24(30)17-9-4-3-8-16(17)23(18)29/h3-4,8-9,11,14-15,26-27,31H,5-7,10,12-13H2,1-2H3. The van der Waals surface area contributed by atoms with Crippen molar-refractivity contribution in [3.63, 3.8) is 0 Å². The van der Waals surface area contributed by atoms with Crippen molar-refractivity contribution in [1.29, 1.82) is 0 Å². The minimum absolute atomic E-state index is 0.00581. The molecule has 0 radical (unpaired) electrons. The summed E-state index contributed by atoms with van der Waals surface area (Å²) in [7, 11) is 0. The van der Waals surface area contributed by atoms with Crippen molar-refractivity contribution in [2.75, 3.05) is 6.61 Å². The molecule has 2 aromatic carbocycles. The number of aliphatic hydroxyl groups is 1. The lowest BCUT2D eigenvalue weighted by atomic mass is 9.82. The lowest BCUT2D eigenvalue weighted by Crippen LogP contribution is -2.21. The van der Waals surface area contributed by atoms with Crippen molar-refractivity contribution in [2.45, 2.75) is 46.1 Å². The van der Waals surface area contributed by atoms with Crippen molar-refractivity contribution < 1.29 is 34.4 Å². The van der Waals surface area contributed by atoms with Crippen molar-refractivity contribution in [2.24, 2.45) is 11.8 Å². The molecule has 1 aliphatic carbocycles. The monoisotopic (exact) mass is 440 g/mol. The first-order chi connectivity index (χ1) is 15.2. The van der Waals surface area contributed by atoms with Crippen LogP contribution >= 0.6 is 0 Å². The molecule has 3 N–H and O–H groups in total. The van der Waals surface area contributed by atoms with E-state index in [4.69, 9.17) is 4.74 Å². The number of phenolic OH excluding ortho intramolecular Hbond substituents is 2. The third-order valence-electron chi connectivity index (χ3n) is 5.76. The third kappa shape index (κ3) is 4.83. The number of aromatic hydroxyl groups is 2. The van der Waals surface area contributed by atoms with Gasteiger partial charge in [0.15, 0.2) is 11.6 Å². The van der Waals surface area contributed by atoms with E-state index in [1.165, 1.54) is 12.1 Å². The fourth-order valence-corrected chi connectivity index (χ4v) is 3.93. The molecule has 1 aliphatic rings. The van der Waals surface area contributed by atoms with Crippen LogP contribution in [0.3, 0.4) is 0 Å². The number of carbonyl (C=O) groups is 3. The van der Waals surface area contributed by atoms with Gasteiger partial charge < -0.3 is 20.1 Å². The van der Waals surface area contributed by atoms with Gasteiger partial charge >= 0.3 is 5.97 Å². The van der Waals surface area contributed by atoms with Crippen LogP contribution in [-0.4, -0.2) is 39.5 Å². The number of hydrogen-bond donors (Lipinski definition) is 3. The Morgan fingerprint density at radius 2 is 1.66 bits per heavy atom. The highest BCUT2D eigenvalue weighted by atomic mass is 16.5. The van der Waals surface area contributed by atoms with Crippen molar-refractivity contribution in [3.8, 4) is 11.5 Å². The van der Waals surface area contributed by atoms with Gasteiger partial charge in [-0.25, -0.2) is 0 Å². The lowest BCUT2D eigenvalue weighted by molar-refractivity contribution is -0.146. The van der Waals surface area contributed by atoms with Crippen molar-refractivity contribution in [3.05, 3.63) is 58.1 Å². The summed E-state index contributed by atoms with van der Waals surface area (Å²) in [6.45, 7) is 3.61. The summed E-state index contributed by atoms with van der Waals surface area (Å²) < 4.78 is 5.21. The molecule has 170 valence electrons. The summed E-state index contributed by atoms with van der Waals surface area (Å²) in [5.74, 6) is -2.30. The summed E-state index contributed by atoms with van der Waals surface area (Å²) in [4.78, 5) is 37.9. The summed E-state index contributed by atoms with van der Waals surface area (Å²) in [5, 5.41) is 30.6. The molecule has 32 heavy (non-hydrogen) atoms. The van der Waals surface area contributed by atoms with Gasteiger partial charge in [-0.05, 0) is 24.3 Å². The largest absolute Gasteiger partial charge is 0.507 e. The van der Waals surface area contributed by atoms with E-state index in [1.54, 1.807) is 12.1 Å². The van der Waals surface area contributed by atoms with E-state index in [0.717, 1.165) is 18.9 Å². The van der Waals surface area contributed by atoms with Gasteiger partial charge in [-0.3, -0.25) is 14.4 Å². The zero-order chi connectivity index (χ0) is 23.4. The van der Waals surface area contributed by atoms with Crippen LogP contribution < -0.4 is 0 Å². The van der Waals surface area contributed by atoms with E-state index in [1.807, 2.05) is 0 Å². The summed E-state index contributed by atoms with van der Waals surface area (Å²) in [6, 6.07) is 7.38. The van der Waals surface area contributed by atoms with Crippen LogP contribution in [0.1, 0.15) is 76.9 Å². The highest BCUT2D eigenvalue weighted by molar-refractivity contribution is 6.29. The quantitative estimate of drug-likeness (QED) is 0.433. The first kappa shape index (κ1) is 23.5. The molecule has 7 nitrogen and oxygen atoms in total. The van der Waals surface area contributed by atoms with E-state index in [0.29, 0.717) is 12.3 Å². The summed E-state index contributed by atoms with van der Waals surface area (Å²) in [6.07, 6.45) is 2.58. The maximum absolute atomic E-state index is 12.9. The smallest absolute Gasteiger partial charge is 0.306 e. The number of hydrogen-bond acceptors (Lipinski definition) is 7. The Morgan fingerprint density at radius 3 is 2.28 bits per heavy atom. The van der Waals surface area contributed by atoms with Crippen molar-refractivity contribution in [1.82, 2.24) is 0 Å². The molecule has 1 atom stereocenters. The van der Waals surface area contributed by atoms with Crippen LogP contribution in [0.2, 0.25) is 0 Å². The van der Waals surface area contributed by atoms with E-state index in [2.05, 4.69) is 13.8 Å². The van der Waals surface area contributed by atoms with Crippen LogP contribution in [0.15, 0.2) is 30.3 Å². The maximum atomic E-state index is 12.9. The molecule has 2 aromatic rings. The van der Waals surface area contributed by atoms with Gasteiger partial charge in [0.1, 0.15) is 18.1 Å². The molecule has 0 heterocycles. The van der Waals surface area contributed by atoms with Crippen LogP contribution in [0, 0.1) is 11.8 Å². The molecule has 3 rings (SSSR count). The molecule has 0 amide bonds. The Hall–Kier alpha value is -3.19. The number of aliphatic hydroxyl groups excluding tert-OH is 1. The molecular weight excluding hydrogens is 412 g/mol. The first-order valence-corrected chi connectivity index (χ1v) is 10.8. The number of fused-ring (bicyclic) bond motifs is 2. The van der Waals surface area contributed by atoms with Crippen LogP contribution in [0.4, 0.5) is 0 Å². The predicted octanol–water partition coefficient (Wildman–Crippen LogP) is 3.74. The molecule has 0 aliphatic heterocycles. The zero-order valence-electron chi connectivity index (χ0n) is 18.3. The molecule has 7 heteroatoms. The molecule has 0 spiro atoms. The fourth-order valence-electron chi connectivity index (χ4n) is 3.93. The number of phenols is 2. The van der Waals surface area contributed by atoms with E-state index >= 15 is 0 Å². The molecular formula is C25H28O7. The lowest BCUT2D eigenvalue weighted by Gasteiger charge is -2.21. The third-order valence-corrected chi connectivity index (χ3v) is 5.76. The van der Waals surface area contributed by atoms with E-state index < -0.39 is 35.6 Å². The van der Waals surface area contributed by atoms with Crippen LogP contribution in [0.25, 0.3) is 0 Å². The minimum Gasteiger partial charge on any atom is -0.507 e. The number of rotatable bonds is 9. The molecule has 0 saturated carbocycles. The highest BCUT2D eigenvalue weighted by Crippen LogP contribution is 2.39. The van der Waals surface area contributed by atoms with Crippen molar-refractivity contribution >= 4 is 17.5 Å². The second kappa shape index (κ2) is 9.96. The number of ketones is 2. The van der Waals surface area contributed by atoms with Gasteiger partial charge in [0.25, 0.3) is 0 Å². The second-order valence-electron chi connectivity index (χ2n) is 8.59. The summed E-state index contributed by atoms with van der Waals surface area (Å²) in [5.41, 5.74) is -0.0710. The Bertz CT molecular complexity index is 1040. The van der Waals surface area contributed by atoms with Gasteiger partial charge in [0, 0.05) is 23.3 Å². The Balaban J connectivity index is 1.74. The molecule has 0 fully saturated rings. The number of esters is 1. The number of ether oxygens (including phenoxy) is 1. The van der Waals surface area contributed by atoms with Gasteiger partial charge in [-0.2, -0.15) is 0 Å². The topological polar surface area (TPSA) is 121 Å². The van der Waals surface area contributed by atoms with E-state index in [-0.39, 0.29) is 46.8 Å². The second-order valence-corrected chi connectivity index (χ2v) is 8.59. The Kier molecular flexibility index (Phi) is 7.30. The highest BCUT2D eigenvalue weighted by Gasteiger charge is 2.34. The minimum atomic E-state index is -0.585. The molecule has 0 bridgehead atoms. The number of carbonyl (C=O) groups excluding carboxylic acids is 3. The Morgan fingerprint density at radius 1 is 1.00 bits per heavy atom. The first-order valence-electron chi connectivity index (χ1n) is 10.8. The van der Waals surface area contributed by atoms with Gasteiger partial charge in [-0.15, -0.1) is 0 Å². The Labute approximate surface area is 186 Å². The number of benzene rings is 2. The molecule has 0 saturated heterocycles. The van der Waals surface area contributed by atoms with Gasteiger partial charge in [0.2, 0.25) is 0 Å². The van der Waals surface area contributed by atoms with Crippen LogP contribution in [0.5, 0.6) is 11.5 Å². The van der Waals surface area contributed by atoms with Crippen LogP contribution in [-0.2, 0) is 16.1 Å².